The highest BCUT2D eigenvalue weighted by Crippen LogP contribution is 2.23. The minimum atomic E-state index is -0.585. The van der Waals surface area contributed by atoms with Gasteiger partial charge in [-0.05, 0) is 44.0 Å². The highest BCUT2D eigenvalue weighted by atomic mass is 35.5. The van der Waals surface area contributed by atoms with Gasteiger partial charge in [0.1, 0.15) is 0 Å². The number of hydrogen-bond donors (Lipinski definition) is 1. The van der Waals surface area contributed by atoms with Gasteiger partial charge >= 0.3 is 5.69 Å². The van der Waals surface area contributed by atoms with Gasteiger partial charge in [0, 0.05) is 18.3 Å². The third-order valence-corrected chi connectivity index (χ3v) is 4.41. The van der Waals surface area contributed by atoms with Crippen LogP contribution in [0.3, 0.4) is 0 Å². The predicted octanol–water partition coefficient (Wildman–Crippen LogP) is 3.92. The molecule has 1 heterocycles. The number of aromatic nitrogens is 2. The molecule has 0 amide bonds. The molecule has 1 aromatic carbocycles. The van der Waals surface area contributed by atoms with E-state index in [0.717, 1.165) is 5.56 Å². The monoisotopic (exact) mass is 356 g/mol. The largest absolute Gasteiger partial charge is 0.330 e. The highest BCUT2D eigenvalue weighted by molar-refractivity contribution is 6.32. The standard InChI is InChI=1S/C19H21ClN4O/c1-5-14(20)10-16(22-4)17-11-23-18(25)24(17)15-8-6-13(7-9-15)19(2,3)12-21/h6-11H,5H2,1-4H3,(H,23,25)/b14-10+,22-16?. The van der Waals surface area contributed by atoms with Crippen molar-refractivity contribution in [1.29, 1.82) is 5.26 Å². The number of hydrogen-bond acceptors (Lipinski definition) is 3. The number of imidazole rings is 1. The number of halogens is 1. The van der Waals surface area contributed by atoms with Crippen molar-refractivity contribution >= 4 is 17.3 Å². The maximum atomic E-state index is 12.3. The van der Waals surface area contributed by atoms with Gasteiger partial charge in [0.05, 0.1) is 28.6 Å². The first-order chi connectivity index (χ1) is 11.8. The SMILES string of the molecule is CC/C(Cl)=C\C(=NC)c1c[nH]c(=O)n1-c1ccc(C(C)(C)C#N)cc1. The lowest BCUT2D eigenvalue weighted by molar-refractivity contribution is 0.686. The van der Waals surface area contributed by atoms with Gasteiger partial charge in [-0.15, -0.1) is 0 Å². The predicted molar refractivity (Wildman–Crippen MR) is 102 cm³/mol. The van der Waals surface area contributed by atoms with E-state index in [2.05, 4.69) is 16.0 Å². The van der Waals surface area contributed by atoms with Crippen molar-refractivity contribution in [3.63, 3.8) is 0 Å². The molecule has 1 aromatic heterocycles. The van der Waals surface area contributed by atoms with Crippen LogP contribution in [0.1, 0.15) is 38.4 Å². The average Bonchev–Trinajstić information content (AvgIpc) is 3.00. The molecule has 0 aliphatic carbocycles. The van der Waals surface area contributed by atoms with Gasteiger partial charge in [0.15, 0.2) is 0 Å². The third-order valence-electron chi connectivity index (χ3n) is 4.04. The summed E-state index contributed by atoms with van der Waals surface area (Å²) in [6.07, 6.45) is 4.06. The van der Waals surface area contributed by atoms with E-state index in [0.29, 0.717) is 28.5 Å². The molecule has 0 aliphatic heterocycles. The van der Waals surface area contributed by atoms with Crippen molar-refractivity contribution in [2.45, 2.75) is 32.6 Å². The number of aliphatic imine (C=N–C) groups is 1. The van der Waals surface area contributed by atoms with Gasteiger partial charge in [-0.1, -0.05) is 30.7 Å². The molecule has 0 saturated carbocycles. The fraction of sp³-hybridized carbons (Fsp3) is 0.316. The Morgan fingerprint density at radius 3 is 2.56 bits per heavy atom. The van der Waals surface area contributed by atoms with Crippen molar-refractivity contribution in [3.8, 4) is 11.8 Å². The number of benzene rings is 1. The second-order valence-corrected chi connectivity index (χ2v) is 6.64. The molecule has 0 radical (unpaired) electrons. The molecule has 2 rings (SSSR count). The Labute approximate surface area is 152 Å². The molecule has 0 spiro atoms. The first-order valence-electron chi connectivity index (χ1n) is 8.00. The summed E-state index contributed by atoms with van der Waals surface area (Å²) in [5.41, 5.74) is 1.99. The van der Waals surface area contributed by atoms with Crippen LogP contribution in [0.2, 0.25) is 0 Å². The van der Waals surface area contributed by atoms with Crippen molar-refractivity contribution in [2.75, 3.05) is 7.05 Å². The number of allylic oxidation sites excluding steroid dienone is 2. The van der Waals surface area contributed by atoms with Gasteiger partial charge < -0.3 is 4.98 Å². The summed E-state index contributed by atoms with van der Waals surface area (Å²) in [5.74, 6) is 0. The van der Waals surface area contributed by atoms with Crippen LogP contribution in [0.4, 0.5) is 0 Å². The first-order valence-corrected chi connectivity index (χ1v) is 8.37. The zero-order valence-electron chi connectivity index (χ0n) is 14.8. The van der Waals surface area contributed by atoms with Crippen LogP contribution in [0.25, 0.3) is 5.69 Å². The Morgan fingerprint density at radius 1 is 1.40 bits per heavy atom. The summed E-state index contributed by atoms with van der Waals surface area (Å²) < 4.78 is 1.54. The maximum absolute atomic E-state index is 12.3. The fourth-order valence-corrected chi connectivity index (χ4v) is 2.51. The summed E-state index contributed by atoms with van der Waals surface area (Å²) in [6.45, 7) is 5.66. The van der Waals surface area contributed by atoms with E-state index in [1.54, 1.807) is 23.9 Å². The van der Waals surface area contributed by atoms with E-state index in [1.807, 2.05) is 45.0 Å². The van der Waals surface area contributed by atoms with Crippen LogP contribution in [0, 0.1) is 11.3 Å². The molecule has 1 N–H and O–H groups in total. The molecule has 0 atom stereocenters. The van der Waals surface area contributed by atoms with Gasteiger partial charge in [0.25, 0.3) is 0 Å². The smallest absolute Gasteiger partial charge is 0.312 e. The zero-order chi connectivity index (χ0) is 18.6. The summed E-state index contributed by atoms with van der Waals surface area (Å²) >= 11 is 6.13. The van der Waals surface area contributed by atoms with Gasteiger partial charge in [-0.3, -0.25) is 9.56 Å². The van der Waals surface area contributed by atoms with Crippen LogP contribution in [0.15, 0.2) is 51.4 Å². The van der Waals surface area contributed by atoms with Crippen molar-refractivity contribution < 1.29 is 0 Å². The van der Waals surface area contributed by atoms with E-state index < -0.39 is 5.41 Å². The molecular weight excluding hydrogens is 336 g/mol. The molecule has 5 nitrogen and oxygen atoms in total. The molecule has 130 valence electrons. The Hall–Kier alpha value is -2.58. The molecule has 0 aliphatic rings. The molecule has 0 bridgehead atoms. The molecule has 0 unspecified atom stereocenters. The number of nitrogens with one attached hydrogen (secondary N) is 1. The highest BCUT2D eigenvalue weighted by Gasteiger charge is 2.20. The van der Waals surface area contributed by atoms with Crippen LogP contribution in [-0.4, -0.2) is 22.3 Å². The number of H-pyrrole nitrogens is 1. The number of aromatic amines is 1. The summed E-state index contributed by atoms with van der Waals surface area (Å²) in [4.78, 5) is 19.2. The quantitative estimate of drug-likeness (QED) is 0.824. The summed E-state index contributed by atoms with van der Waals surface area (Å²) in [7, 11) is 1.66. The van der Waals surface area contributed by atoms with Crippen molar-refractivity contribution in [3.05, 3.63) is 63.3 Å². The average molecular weight is 357 g/mol. The van der Waals surface area contributed by atoms with Crippen LogP contribution >= 0.6 is 11.6 Å². The molecule has 2 aromatic rings. The molecule has 6 heteroatoms. The van der Waals surface area contributed by atoms with Crippen molar-refractivity contribution in [2.24, 2.45) is 4.99 Å². The Bertz CT molecular complexity index is 908. The summed E-state index contributed by atoms with van der Waals surface area (Å²) in [6, 6.07) is 9.64. The number of nitriles is 1. The second kappa shape index (κ2) is 7.54. The van der Waals surface area contributed by atoms with Gasteiger partial charge in [-0.2, -0.15) is 5.26 Å². The Morgan fingerprint density at radius 2 is 2.04 bits per heavy atom. The number of rotatable bonds is 5. The minimum absolute atomic E-state index is 0.260. The van der Waals surface area contributed by atoms with E-state index in [1.165, 1.54) is 0 Å². The number of nitrogens with zero attached hydrogens (tertiary/aromatic N) is 3. The summed E-state index contributed by atoms with van der Waals surface area (Å²) in [5, 5.41) is 9.92. The lowest BCUT2D eigenvalue weighted by atomic mass is 9.86. The van der Waals surface area contributed by atoms with E-state index >= 15 is 0 Å². The van der Waals surface area contributed by atoms with E-state index in [4.69, 9.17) is 11.6 Å². The molecule has 25 heavy (non-hydrogen) atoms. The second-order valence-electron chi connectivity index (χ2n) is 6.15. The van der Waals surface area contributed by atoms with E-state index in [-0.39, 0.29) is 5.69 Å². The third kappa shape index (κ3) is 3.92. The van der Waals surface area contributed by atoms with Crippen LogP contribution < -0.4 is 5.69 Å². The first kappa shape index (κ1) is 18.8. The topological polar surface area (TPSA) is 73.9 Å². The van der Waals surface area contributed by atoms with Crippen LogP contribution in [-0.2, 0) is 5.41 Å². The van der Waals surface area contributed by atoms with Crippen LogP contribution in [0.5, 0.6) is 0 Å². The lowest BCUT2D eigenvalue weighted by Gasteiger charge is -2.16. The van der Waals surface area contributed by atoms with Gasteiger partial charge in [-0.25, -0.2) is 4.79 Å². The van der Waals surface area contributed by atoms with Gasteiger partial charge in [0.2, 0.25) is 0 Å². The molecule has 0 saturated heterocycles. The lowest BCUT2D eigenvalue weighted by Crippen LogP contribution is -2.20. The molecule has 0 fully saturated rings. The molecular formula is C19H21ClN4O. The Balaban J connectivity index is 2.54. The van der Waals surface area contributed by atoms with Crippen molar-refractivity contribution in [1.82, 2.24) is 9.55 Å². The van der Waals surface area contributed by atoms with E-state index in [9.17, 15) is 10.1 Å². The maximum Gasteiger partial charge on any atom is 0.330 e. The zero-order valence-corrected chi connectivity index (χ0v) is 15.6. The Kier molecular flexibility index (Phi) is 5.66. The fourth-order valence-electron chi connectivity index (χ4n) is 2.41. The normalized spacial score (nSPS) is 13.0. The minimum Gasteiger partial charge on any atom is -0.312 e.